The van der Waals surface area contributed by atoms with E-state index in [1.807, 2.05) is 6.92 Å². The van der Waals surface area contributed by atoms with E-state index in [0.717, 1.165) is 0 Å². The molecule has 0 fully saturated rings. The number of tetrazole rings is 1. The summed E-state index contributed by atoms with van der Waals surface area (Å²) < 4.78 is 22.8. The van der Waals surface area contributed by atoms with Crippen LogP contribution >= 0.6 is 0 Å². The van der Waals surface area contributed by atoms with E-state index in [1.165, 1.54) is 30.9 Å². The molecule has 0 radical (unpaired) electrons. The van der Waals surface area contributed by atoms with Crippen LogP contribution in [0.5, 0.6) is 6.01 Å². The molecule has 162 valence electrons. The van der Waals surface area contributed by atoms with Gasteiger partial charge in [-0.1, -0.05) is 0 Å². The Balaban J connectivity index is 1.48. The fourth-order valence-corrected chi connectivity index (χ4v) is 3.30. The summed E-state index contributed by atoms with van der Waals surface area (Å²) >= 11 is 0. The van der Waals surface area contributed by atoms with Gasteiger partial charge in [0.05, 0.1) is 29.2 Å². The van der Waals surface area contributed by atoms with Gasteiger partial charge in [0.15, 0.2) is 5.65 Å². The molecular weight excluding hydrogens is 427 g/mol. The van der Waals surface area contributed by atoms with Gasteiger partial charge in [0.2, 0.25) is 0 Å². The average Bonchev–Trinajstić information content (AvgIpc) is 3.48. The second-order valence-electron chi connectivity index (χ2n) is 7.11. The zero-order valence-electron chi connectivity index (χ0n) is 17.2. The van der Waals surface area contributed by atoms with Crippen molar-refractivity contribution in [3.8, 4) is 29.2 Å². The molecule has 4 heterocycles. The topological polar surface area (TPSA) is 133 Å². The van der Waals surface area contributed by atoms with Crippen LogP contribution in [0.25, 0.3) is 28.2 Å². The van der Waals surface area contributed by atoms with E-state index in [0.29, 0.717) is 40.3 Å². The third-order valence-corrected chi connectivity index (χ3v) is 4.77. The number of imidazole rings is 1. The van der Waals surface area contributed by atoms with Crippen LogP contribution in [0.1, 0.15) is 12.5 Å². The molecule has 4 aromatic heterocycles. The lowest BCUT2D eigenvalue weighted by molar-refractivity contribution is 0.177. The Kier molecular flexibility index (Phi) is 5.12. The number of rotatable bonds is 6. The summed E-state index contributed by atoms with van der Waals surface area (Å²) in [6.45, 7) is 2.28. The average molecular weight is 442 g/mol. The molecule has 0 bridgehead atoms. The Morgan fingerprint density at radius 2 is 1.97 bits per heavy atom. The lowest BCUT2D eigenvalue weighted by atomic mass is 10.2. The van der Waals surface area contributed by atoms with Crippen molar-refractivity contribution in [2.24, 2.45) is 0 Å². The fourth-order valence-electron chi connectivity index (χ4n) is 3.30. The number of hydrogen-bond donors (Lipinski definition) is 0. The van der Waals surface area contributed by atoms with Crippen LogP contribution in [0.4, 0.5) is 4.39 Å². The molecule has 0 aliphatic heterocycles. The van der Waals surface area contributed by atoms with Crippen LogP contribution in [-0.2, 0) is 6.54 Å². The maximum absolute atomic E-state index is 13.9. The number of fused-ring (bicyclic) bond motifs is 1. The van der Waals surface area contributed by atoms with Crippen molar-refractivity contribution in [1.29, 1.82) is 5.26 Å². The molecule has 0 aliphatic carbocycles. The summed E-state index contributed by atoms with van der Waals surface area (Å²) in [4.78, 5) is 17.6. The highest BCUT2D eigenvalue weighted by molar-refractivity contribution is 5.77. The van der Waals surface area contributed by atoms with Crippen LogP contribution in [0.15, 0.2) is 55.2 Å². The first kappa shape index (κ1) is 20.1. The Hall–Kier alpha value is -4.79. The number of nitrogens with zero attached hydrogens (tertiary/aromatic N) is 10. The summed E-state index contributed by atoms with van der Waals surface area (Å²) in [7, 11) is 0. The number of benzene rings is 1. The molecule has 1 aromatic carbocycles. The molecule has 0 N–H and O–H groups in total. The summed E-state index contributed by atoms with van der Waals surface area (Å²) in [5.74, 6) is -0.463. The maximum atomic E-state index is 13.9. The van der Waals surface area contributed by atoms with Crippen LogP contribution in [-0.4, -0.2) is 50.8 Å². The number of ether oxygens (including phenoxy) is 1. The summed E-state index contributed by atoms with van der Waals surface area (Å²) in [6, 6.07) is 11.4. The van der Waals surface area contributed by atoms with Crippen LogP contribution in [0.3, 0.4) is 0 Å². The lowest BCUT2D eigenvalue weighted by Crippen LogP contribution is -2.21. The Morgan fingerprint density at radius 3 is 2.79 bits per heavy atom. The molecule has 5 aromatic rings. The monoisotopic (exact) mass is 442 g/mol. The molecule has 12 heteroatoms. The van der Waals surface area contributed by atoms with Gasteiger partial charge < -0.3 is 4.74 Å². The summed E-state index contributed by atoms with van der Waals surface area (Å²) in [6.07, 6.45) is 4.30. The molecule has 1 unspecified atom stereocenters. The SMILES string of the molecule is CC(Cn1cnnn1)Oc1nccc(-c2ccc3ncn(-c4cc(F)ccc4C#N)c3n2)n1. The van der Waals surface area contributed by atoms with Gasteiger partial charge in [0.1, 0.15) is 36.2 Å². The third kappa shape index (κ3) is 4.07. The molecule has 5 rings (SSSR count). The van der Waals surface area contributed by atoms with E-state index in [1.54, 1.807) is 33.6 Å². The van der Waals surface area contributed by atoms with Gasteiger partial charge in [-0.25, -0.2) is 24.0 Å². The highest BCUT2D eigenvalue weighted by Gasteiger charge is 2.14. The van der Waals surface area contributed by atoms with Gasteiger partial charge in [-0.15, -0.1) is 5.10 Å². The Bertz CT molecular complexity index is 1470. The zero-order chi connectivity index (χ0) is 22.8. The van der Waals surface area contributed by atoms with Crippen molar-refractivity contribution in [2.45, 2.75) is 19.6 Å². The molecule has 0 saturated carbocycles. The van der Waals surface area contributed by atoms with E-state index in [-0.39, 0.29) is 12.1 Å². The van der Waals surface area contributed by atoms with E-state index in [4.69, 9.17) is 4.74 Å². The predicted molar refractivity (Wildman–Crippen MR) is 112 cm³/mol. The number of nitriles is 1. The number of halogens is 1. The van der Waals surface area contributed by atoms with Crippen LogP contribution in [0, 0.1) is 17.1 Å². The van der Waals surface area contributed by atoms with Crippen molar-refractivity contribution in [3.63, 3.8) is 0 Å². The van der Waals surface area contributed by atoms with Crippen molar-refractivity contribution >= 4 is 11.2 Å². The first-order valence-corrected chi connectivity index (χ1v) is 9.85. The minimum absolute atomic E-state index is 0.181. The Labute approximate surface area is 186 Å². The largest absolute Gasteiger partial charge is 0.458 e. The Morgan fingerprint density at radius 1 is 1.09 bits per heavy atom. The molecular formula is C21H15FN10O. The van der Waals surface area contributed by atoms with Crippen molar-refractivity contribution in [2.75, 3.05) is 0 Å². The lowest BCUT2D eigenvalue weighted by Gasteiger charge is -2.12. The van der Waals surface area contributed by atoms with E-state index in [9.17, 15) is 9.65 Å². The standard InChI is InChI=1S/C21H15FN10O/c1-13(10-31-12-26-29-30-31)33-21-24-7-6-17(28-21)16-4-5-18-20(27-16)32(11-25-18)19-8-15(22)3-2-14(19)9-23/h2-8,11-13H,10H2,1H3. The first-order chi connectivity index (χ1) is 16.1. The third-order valence-electron chi connectivity index (χ3n) is 4.77. The highest BCUT2D eigenvalue weighted by Crippen LogP contribution is 2.24. The van der Waals surface area contributed by atoms with Crippen molar-refractivity contribution in [1.82, 2.24) is 44.7 Å². The smallest absolute Gasteiger partial charge is 0.317 e. The normalized spacial score (nSPS) is 11.9. The predicted octanol–water partition coefficient (Wildman–Crippen LogP) is 2.34. The molecule has 0 spiro atoms. The molecule has 0 amide bonds. The summed E-state index contributed by atoms with van der Waals surface area (Å²) in [5.41, 5.74) is 2.78. The van der Waals surface area contributed by atoms with Gasteiger partial charge in [-0.3, -0.25) is 4.57 Å². The highest BCUT2D eigenvalue weighted by atomic mass is 19.1. The van der Waals surface area contributed by atoms with Crippen molar-refractivity contribution in [3.05, 3.63) is 66.6 Å². The van der Waals surface area contributed by atoms with Gasteiger partial charge >= 0.3 is 6.01 Å². The minimum Gasteiger partial charge on any atom is -0.458 e. The summed E-state index contributed by atoms with van der Waals surface area (Å²) in [5, 5.41) is 20.4. The first-order valence-electron chi connectivity index (χ1n) is 9.85. The quantitative estimate of drug-likeness (QED) is 0.388. The van der Waals surface area contributed by atoms with E-state index in [2.05, 4.69) is 41.5 Å². The minimum atomic E-state index is -0.463. The van der Waals surface area contributed by atoms with Gasteiger partial charge in [0, 0.05) is 6.20 Å². The van der Waals surface area contributed by atoms with E-state index < -0.39 is 5.82 Å². The molecule has 11 nitrogen and oxygen atoms in total. The second kappa shape index (κ2) is 8.39. The second-order valence-corrected chi connectivity index (χ2v) is 7.11. The number of aromatic nitrogens is 9. The number of hydrogen-bond acceptors (Lipinski definition) is 9. The zero-order valence-corrected chi connectivity index (χ0v) is 17.2. The van der Waals surface area contributed by atoms with E-state index >= 15 is 0 Å². The van der Waals surface area contributed by atoms with Gasteiger partial charge in [-0.05, 0) is 53.7 Å². The van der Waals surface area contributed by atoms with Crippen LogP contribution < -0.4 is 4.74 Å². The molecule has 0 saturated heterocycles. The van der Waals surface area contributed by atoms with Gasteiger partial charge in [-0.2, -0.15) is 10.2 Å². The van der Waals surface area contributed by atoms with Crippen molar-refractivity contribution < 1.29 is 9.13 Å². The molecule has 33 heavy (non-hydrogen) atoms. The fraction of sp³-hybridized carbons (Fsp3) is 0.143. The van der Waals surface area contributed by atoms with Gasteiger partial charge in [0.25, 0.3) is 0 Å². The van der Waals surface area contributed by atoms with Crippen LogP contribution in [0.2, 0.25) is 0 Å². The maximum Gasteiger partial charge on any atom is 0.317 e. The molecule has 0 aliphatic rings. The molecule has 1 atom stereocenters. The number of pyridine rings is 1.